The highest BCUT2D eigenvalue weighted by molar-refractivity contribution is 6.07. The van der Waals surface area contributed by atoms with Gasteiger partial charge in [0.15, 0.2) is 0 Å². The lowest BCUT2D eigenvalue weighted by Crippen LogP contribution is -2.17. The maximum atomic E-state index is 9.47. The maximum Gasteiger partial charge on any atom is 0.140 e. The lowest BCUT2D eigenvalue weighted by Gasteiger charge is -2.30. The van der Waals surface area contributed by atoms with Crippen LogP contribution in [0.25, 0.3) is 44.2 Å². The van der Waals surface area contributed by atoms with Crippen molar-refractivity contribution in [2.75, 3.05) is 5.32 Å². The van der Waals surface area contributed by atoms with Crippen LogP contribution in [0.3, 0.4) is 0 Å². The predicted molar refractivity (Wildman–Crippen MR) is 199 cm³/mol. The summed E-state index contributed by atoms with van der Waals surface area (Å²) in [5.74, 6) is 0.785. The molecule has 234 valence electrons. The minimum Gasteiger partial charge on any atom is -0.456 e. The molecule has 0 fully saturated rings. The molecule has 2 unspecified atom stereocenters. The quantitative estimate of drug-likeness (QED) is 0.201. The smallest absolute Gasteiger partial charge is 0.140 e. The van der Waals surface area contributed by atoms with Gasteiger partial charge in [0, 0.05) is 27.9 Å². The Morgan fingerprint density at radius 1 is 0.604 bits per heavy atom. The predicted octanol–water partition coefficient (Wildman–Crippen LogP) is 12.3. The number of hydrogen-bond acceptors (Lipinski definition) is 3. The third kappa shape index (κ3) is 4.97. The van der Waals surface area contributed by atoms with Crippen molar-refractivity contribution in [2.45, 2.75) is 51.5 Å². The van der Waals surface area contributed by atoms with E-state index in [4.69, 9.17) is 4.42 Å². The summed E-state index contributed by atoms with van der Waals surface area (Å²) in [7, 11) is 0. The van der Waals surface area contributed by atoms with Gasteiger partial charge in [-0.15, -0.1) is 0 Å². The summed E-state index contributed by atoms with van der Waals surface area (Å²) in [6, 6.07) is 47.4. The first-order chi connectivity index (χ1) is 23.4. The number of nitrogens with one attached hydrogen (secondary N) is 1. The first-order valence-electron chi connectivity index (χ1n) is 17.0. The van der Waals surface area contributed by atoms with E-state index in [1.807, 2.05) is 24.3 Å². The zero-order valence-corrected chi connectivity index (χ0v) is 27.8. The van der Waals surface area contributed by atoms with Gasteiger partial charge in [-0.1, -0.05) is 125 Å². The summed E-state index contributed by atoms with van der Waals surface area (Å²) in [5.41, 5.74) is 14.9. The Hall–Kier alpha value is -5.59. The van der Waals surface area contributed by atoms with Gasteiger partial charge in [0.1, 0.15) is 11.2 Å². The van der Waals surface area contributed by atoms with Crippen LogP contribution in [0.15, 0.2) is 132 Å². The molecule has 3 heteroatoms. The van der Waals surface area contributed by atoms with Gasteiger partial charge in [-0.2, -0.15) is 5.26 Å². The third-order valence-corrected chi connectivity index (χ3v) is 10.0. The van der Waals surface area contributed by atoms with Crippen LogP contribution in [0, 0.1) is 11.3 Å². The van der Waals surface area contributed by atoms with Crippen molar-refractivity contribution in [2.24, 2.45) is 0 Å². The summed E-state index contributed by atoms with van der Waals surface area (Å²) in [6.45, 7) is 9.30. The van der Waals surface area contributed by atoms with Crippen LogP contribution in [0.4, 0.5) is 5.69 Å². The molecular formula is C45H38N2O. The Kier molecular flexibility index (Phi) is 7.38. The molecule has 8 rings (SSSR count). The second-order valence-electron chi connectivity index (χ2n) is 13.7. The average molecular weight is 623 g/mol. The van der Waals surface area contributed by atoms with E-state index in [1.165, 1.54) is 39.1 Å². The molecule has 0 amide bonds. The van der Waals surface area contributed by atoms with Crippen LogP contribution < -0.4 is 5.32 Å². The minimum atomic E-state index is -0.0176. The summed E-state index contributed by atoms with van der Waals surface area (Å²) in [6.07, 6.45) is 0. The zero-order chi connectivity index (χ0) is 32.9. The van der Waals surface area contributed by atoms with Crippen LogP contribution in [0.1, 0.15) is 84.9 Å². The van der Waals surface area contributed by atoms with Crippen LogP contribution in [-0.4, -0.2) is 0 Å². The van der Waals surface area contributed by atoms with Crippen LogP contribution in [0.2, 0.25) is 0 Å². The Morgan fingerprint density at radius 3 is 2.02 bits per heavy atom. The van der Waals surface area contributed by atoms with Gasteiger partial charge in [0.05, 0.1) is 17.7 Å². The zero-order valence-electron chi connectivity index (χ0n) is 27.8. The molecule has 1 aliphatic rings. The highest BCUT2D eigenvalue weighted by atomic mass is 16.3. The standard InChI is InChI=1S/C45H38N2O/c1-27(2)38-23-33(30-13-6-5-7-14-30)24-39(28(3)4)42(38)43-36-16-8-9-19-40(36)47-44(43)37-18-11-17-35-34-21-20-32(25-41(34)48-45(35)37)31-15-10-12-29(22-31)26-46/h5-25,27-28,43-44,47H,1-4H3. The Morgan fingerprint density at radius 2 is 1.27 bits per heavy atom. The van der Waals surface area contributed by atoms with Crippen molar-refractivity contribution in [3.8, 4) is 28.3 Å². The number of rotatable bonds is 6. The second-order valence-corrected chi connectivity index (χ2v) is 13.7. The Labute approximate surface area is 282 Å². The van der Waals surface area contributed by atoms with E-state index in [-0.39, 0.29) is 12.0 Å². The molecular weight excluding hydrogens is 585 g/mol. The normalized spacial score (nSPS) is 15.6. The summed E-state index contributed by atoms with van der Waals surface area (Å²) in [5, 5.41) is 15.6. The molecule has 2 heterocycles. The molecule has 1 aromatic heterocycles. The fourth-order valence-electron chi connectivity index (χ4n) is 7.73. The minimum absolute atomic E-state index is 0.0176. The molecule has 1 aliphatic heterocycles. The molecule has 7 aromatic rings. The van der Waals surface area contributed by atoms with Gasteiger partial charge in [0.2, 0.25) is 0 Å². The van der Waals surface area contributed by atoms with E-state index in [0.717, 1.165) is 38.6 Å². The fourth-order valence-corrected chi connectivity index (χ4v) is 7.73. The fraction of sp³-hybridized carbons (Fsp3) is 0.178. The van der Waals surface area contributed by atoms with Gasteiger partial charge in [-0.05, 0) is 86.7 Å². The first kappa shape index (κ1) is 29.8. The van der Waals surface area contributed by atoms with Crippen molar-refractivity contribution in [3.63, 3.8) is 0 Å². The van der Waals surface area contributed by atoms with Crippen LogP contribution in [0.5, 0.6) is 0 Å². The van der Waals surface area contributed by atoms with Crippen molar-refractivity contribution >= 4 is 27.6 Å². The molecule has 0 bridgehead atoms. The Bertz CT molecular complexity index is 2330. The molecule has 0 spiro atoms. The molecule has 0 saturated carbocycles. The van der Waals surface area contributed by atoms with Crippen molar-refractivity contribution in [1.29, 1.82) is 5.26 Å². The molecule has 0 saturated heterocycles. The number of furan rings is 1. The lowest BCUT2D eigenvalue weighted by molar-refractivity contribution is 0.635. The number of anilines is 1. The SMILES string of the molecule is CC(C)c1cc(-c2ccccc2)cc(C(C)C)c1C1c2ccccc2NC1c1cccc2c1oc1cc(-c3cccc(C#N)c3)ccc12. The van der Waals surface area contributed by atoms with E-state index < -0.39 is 0 Å². The maximum absolute atomic E-state index is 9.47. The van der Waals surface area contributed by atoms with E-state index in [1.54, 1.807) is 0 Å². The Balaban J connectivity index is 1.33. The third-order valence-electron chi connectivity index (χ3n) is 10.0. The van der Waals surface area contributed by atoms with E-state index in [9.17, 15) is 5.26 Å². The number of fused-ring (bicyclic) bond motifs is 4. The molecule has 48 heavy (non-hydrogen) atoms. The number of hydrogen-bond donors (Lipinski definition) is 1. The van der Waals surface area contributed by atoms with Crippen LogP contribution >= 0.6 is 0 Å². The summed E-state index contributed by atoms with van der Waals surface area (Å²) < 4.78 is 6.83. The van der Waals surface area contributed by atoms with Crippen molar-refractivity contribution < 1.29 is 4.42 Å². The van der Waals surface area contributed by atoms with Crippen LogP contribution in [-0.2, 0) is 0 Å². The van der Waals surface area contributed by atoms with Gasteiger partial charge in [-0.25, -0.2) is 0 Å². The van der Waals surface area contributed by atoms with Gasteiger partial charge in [-0.3, -0.25) is 0 Å². The number of para-hydroxylation sites is 2. The molecule has 0 radical (unpaired) electrons. The van der Waals surface area contributed by atoms with Crippen molar-refractivity contribution in [1.82, 2.24) is 0 Å². The second kappa shape index (κ2) is 11.9. The van der Waals surface area contributed by atoms with Crippen molar-refractivity contribution in [3.05, 3.63) is 161 Å². The van der Waals surface area contributed by atoms with Gasteiger partial charge in [0.25, 0.3) is 0 Å². The van der Waals surface area contributed by atoms with Gasteiger partial charge < -0.3 is 9.73 Å². The molecule has 0 aliphatic carbocycles. The highest BCUT2D eigenvalue weighted by Crippen LogP contribution is 2.53. The first-order valence-corrected chi connectivity index (χ1v) is 17.0. The number of benzene rings is 6. The monoisotopic (exact) mass is 622 g/mol. The molecule has 1 N–H and O–H groups in total. The van der Waals surface area contributed by atoms with E-state index >= 15 is 0 Å². The highest BCUT2D eigenvalue weighted by Gasteiger charge is 2.39. The molecule has 3 nitrogen and oxygen atoms in total. The number of nitrogens with zero attached hydrogens (tertiary/aromatic N) is 1. The summed E-state index contributed by atoms with van der Waals surface area (Å²) in [4.78, 5) is 0. The van der Waals surface area contributed by atoms with E-state index in [0.29, 0.717) is 17.4 Å². The average Bonchev–Trinajstić information content (AvgIpc) is 3.69. The summed E-state index contributed by atoms with van der Waals surface area (Å²) >= 11 is 0. The molecule has 2 atom stereocenters. The van der Waals surface area contributed by atoms with E-state index in [2.05, 4.69) is 142 Å². The topological polar surface area (TPSA) is 49.0 Å². The molecule has 6 aromatic carbocycles. The van der Waals surface area contributed by atoms with Gasteiger partial charge >= 0.3 is 0 Å². The largest absolute Gasteiger partial charge is 0.456 e. The number of nitriles is 1. The lowest BCUT2D eigenvalue weighted by atomic mass is 9.74.